The van der Waals surface area contributed by atoms with Crippen LogP contribution in [-0.4, -0.2) is 67.4 Å². The molecule has 0 radical (unpaired) electrons. The molecule has 1 saturated heterocycles. The Balaban J connectivity index is 1.46. The van der Waals surface area contributed by atoms with Crippen LogP contribution in [-0.2, 0) is 4.74 Å². The Labute approximate surface area is 175 Å². The van der Waals surface area contributed by atoms with Gasteiger partial charge in [-0.15, -0.1) is 0 Å². The average molecular weight is 414 g/mol. The minimum atomic E-state index is -0.557. The molecule has 2 aromatic carbocycles. The Hall–Kier alpha value is -2.94. The molecular weight excluding hydrogens is 386 g/mol. The molecule has 0 spiro atoms. The van der Waals surface area contributed by atoms with Gasteiger partial charge in [0.2, 0.25) is 0 Å². The van der Waals surface area contributed by atoms with Crippen molar-refractivity contribution in [2.24, 2.45) is 5.10 Å². The fourth-order valence-corrected chi connectivity index (χ4v) is 3.12. The summed E-state index contributed by atoms with van der Waals surface area (Å²) in [7, 11) is 0. The standard InChI is InChI=1S/C22H27N3O5/c1-16(17-2-6-19(26)7-3-17)23-24-22(28)18-4-8-21(9-5-18)30-15-20(27)14-25-10-12-29-13-11-25/h2-9,20,26-27H,10-15H2,1H3,(H,24,28)/p+1/b23-16+/t20-/m0/s1. The van der Waals surface area contributed by atoms with Gasteiger partial charge >= 0.3 is 0 Å². The Morgan fingerprint density at radius 3 is 2.43 bits per heavy atom. The van der Waals surface area contributed by atoms with Crippen molar-refractivity contribution in [1.82, 2.24) is 5.43 Å². The molecule has 0 saturated carbocycles. The summed E-state index contributed by atoms with van der Waals surface area (Å²) in [6.45, 7) is 5.85. The number of amides is 1. The third-order valence-electron chi connectivity index (χ3n) is 4.89. The van der Waals surface area contributed by atoms with Crippen molar-refractivity contribution >= 4 is 11.6 Å². The van der Waals surface area contributed by atoms with Gasteiger partial charge in [0.1, 0.15) is 43.8 Å². The molecular formula is C22H28N3O5+. The van der Waals surface area contributed by atoms with E-state index in [1.54, 1.807) is 55.5 Å². The number of carbonyl (C=O) groups excluding carboxylic acids is 1. The van der Waals surface area contributed by atoms with E-state index in [2.05, 4.69) is 10.5 Å². The summed E-state index contributed by atoms with van der Waals surface area (Å²) in [5.74, 6) is 0.426. The second kappa shape index (κ2) is 10.7. The van der Waals surface area contributed by atoms with Crippen LogP contribution in [0.3, 0.4) is 0 Å². The van der Waals surface area contributed by atoms with Crippen LogP contribution in [0, 0.1) is 0 Å². The Bertz CT molecular complexity index is 846. The SMILES string of the molecule is C/C(=N\NC(=O)c1ccc(OC[C@@H](O)C[NH+]2CCOCC2)cc1)c1ccc(O)cc1. The number of nitrogens with zero attached hydrogens (tertiary/aromatic N) is 1. The molecule has 1 atom stereocenters. The van der Waals surface area contributed by atoms with E-state index in [0.29, 0.717) is 23.6 Å². The Morgan fingerprint density at radius 1 is 1.13 bits per heavy atom. The van der Waals surface area contributed by atoms with E-state index in [1.165, 1.54) is 4.90 Å². The Kier molecular flexibility index (Phi) is 7.78. The summed E-state index contributed by atoms with van der Waals surface area (Å²) in [5, 5.41) is 23.6. The van der Waals surface area contributed by atoms with Gasteiger partial charge in [0.25, 0.3) is 5.91 Å². The van der Waals surface area contributed by atoms with Crippen molar-refractivity contribution in [3.05, 3.63) is 59.7 Å². The second-order valence-electron chi connectivity index (χ2n) is 7.24. The first-order valence-corrected chi connectivity index (χ1v) is 9.97. The second-order valence-corrected chi connectivity index (χ2v) is 7.24. The summed E-state index contributed by atoms with van der Waals surface area (Å²) in [6, 6.07) is 13.3. The van der Waals surface area contributed by atoms with Gasteiger partial charge in [-0.1, -0.05) is 0 Å². The molecule has 1 amide bonds. The third-order valence-corrected chi connectivity index (χ3v) is 4.89. The molecule has 30 heavy (non-hydrogen) atoms. The molecule has 0 unspecified atom stereocenters. The van der Waals surface area contributed by atoms with E-state index in [9.17, 15) is 15.0 Å². The highest BCUT2D eigenvalue weighted by Crippen LogP contribution is 2.13. The topological polar surface area (TPSA) is 105 Å². The molecule has 160 valence electrons. The number of quaternary nitrogens is 1. The number of nitrogens with one attached hydrogen (secondary N) is 2. The van der Waals surface area contributed by atoms with Crippen molar-refractivity contribution < 1.29 is 29.4 Å². The van der Waals surface area contributed by atoms with Crippen molar-refractivity contribution in [2.75, 3.05) is 39.5 Å². The maximum absolute atomic E-state index is 12.3. The van der Waals surface area contributed by atoms with E-state index >= 15 is 0 Å². The van der Waals surface area contributed by atoms with Crippen molar-refractivity contribution in [3.63, 3.8) is 0 Å². The summed E-state index contributed by atoms with van der Waals surface area (Å²) in [4.78, 5) is 13.6. The third kappa shape index (κ3) is 6.55. The number of hydrogen-bond acceptors (Lipinski definition) is 6. The molecule has 0 bridgehead atoms. The van der Waals surface area contributed by atoms with Crippen LogP contribution in [0.1, 0.15) is 22.8 Å². The van der Waals surface area contributed by atoms with E-state index in [4.69, 9.17) is 9.47 Å². The number of carbonyl (C=O) groups is 1. The summed E-state index contributed by atoms with van der Waals surface area (Å²) >= 11 is 0. The molecule has 8 nitrogen and oxygen atoms in total. The largest absolute Gasteiger partial charge is 0.508 e. The zero-order chi connectivity index (χ0) is 21.3. The zero-order valence-electron chi connectivity index (χ0n) is 17.0. The first-order valence-electron chi connectivity index (χ1n) is 9.97. The van der Waals surface area contributed by atoms with Crippen LogP contribution in [0.5, 0.6) is 11.5 Å². The van der Waals surface area contributed by atoms with E-state index in [1.807, 2.05) is 0 Å². The van der Waals surface area contributed by atoms with Gasteiger partial charge in [-0.05, 0) is 61.0 Å². The van der Waals surface area contributed by atoms with Gasteiger partial charge in [0, 0.05) is 5.56 Å². The predicted octanol–water partition coefficient (Wildman–Crippen LogP) is 0.201. The van der Waals surface area contributed by atoms with Crippen molar-refractivity contribution in [2.45, 2.75) is 13.0 Å². The average Bonchev–Trinajstić information content (AvgIpc) is 2.77. The molecule has 2 aromatic rings. The van der Waals surface area contributed by atoms with Crippen LogP contribution in [0.15, 0.2) is 53.6 Å². The first kappa shape index (κ1) is 21.8. The molecule has 0 aliphatic carbocycles. The van der Waals surface area contributed by atoms with Crippen molar-refractivity contribution in [3.8, 4) is 11.5 Å². The van der Waals surface area contributed by atoms with Gasteiger partial charge in [-0.25, -0.2) is 5.43 Å². The minimum absolute atomic E-state index is 0.174. The number of aliphatic hydroxyl groups is 1. The van der Waals surface area contributed by atoms with Crippen LogP contribution >= 0.6 is 0 Å². The molecule has 1 heterocycles. The van der Waals surface area contributed by atoms with Crippen LogP contribution in [0.2, 0.25) is 0 Å². The van der Waals surface area contributed by atoms with Gasteiger partial charge in [0.15, 0.2) is 0 Å². The number of aromatic hydroxyl groups is 1. The van der Waals surface area contributed by atoms with Crippen LogP contribution in [0.4, 0.5) is 0 Å². The molecule has 0 aromatic heterocycles. The lowest BCUT2D eigenvalue weighted by Gasteiger charge is -2.25. The number of phenols is 1. The minimum Gasteiger partial charge on any atom is -0.508 e. The fraction of sp³-hybridized carbons (Fsp3) is 0.364. The van der Waals surface area contributed by atoms with Gasteiger partial charge in [0.05, 0.1) is 18.9 Å². The number of rotatable bonds is 8. The fourth-order valence-electron chi connectivity index (χ4n) is 3.12. The molecule has 8 heteroatoms. The molecule has 1 aliphatic heterocycles. The van der Waals surface area contributed by atoms with Gasteiger partial charge in [-0.3, -0.25) is 4.79 Å². The first-order chi connectivity index (χ1) is 14.5. The number of benzene rings is 2. The number of hydrazone groups is 1. The van der Waals surface area contributed by atoms with Crippen LogP contribution < -0.4 is 15.1 Å². The number of morpholine rings is 1. The Morgan fingerprint density at radius 2 is 1.77 bits per heavy atom. The monoisotopic (exact) mass is 414 g/mol. The highest BCUT2D eigenvalue weighted by Gasteiger charge is 2.18. The lowest BCUT2D eigenvalue weighted by atomic mass is 10.1. The summed E-state index contributed by atoms with van der Waals surface area (Å²) in [6.07, 6.45) is -0.557. The quantitative estimate of drug-likeness (QED) is 0.365. The number of hydrogen-bond donors (Lipinski definition) is 4. The van der Waals surface area contributed by atoms with Crippen LogP contribution in [0.25, 0.3) is 0 Å². The van der Waals surface area contributed by atoms with Gasteiger partial charge in [-0.2, -0.15) is 5.10 Å². The molecule has 4 N–H and O–H groups in total. The van der Waals surface area contributed by atoms with E-state index < -0.39 is 6.10 Å². The normalized spacial score (nSPS) is 16.1. The maximum Gasteiger partial charge on any atom is 0.271 e. The molecule has 1 aliphatic rings. The van der Waals surface area contributed by atoms with E-state index in [0.717, 1.165) is 31.9 Å². The molecule has 1 fully saturated rings. The lowest BCUT2D eigenvalue weighted by molar-refractivity contribution is -0.911. The summed E-state index contributed by atoms with van der Waals surface area (Å²) < 4.78 is 11.0. The number of phenolic OH excluding ortho intramolecular Hbond substituents is 1. The molecule has 3 rings (SSSR count). The smallest absolute Gasteiger partial charge is 0.271 e. The highest BCUT2D eigenvalue weighted by molar-refractivity contribution is 6.00. The van der Waals surface area contributed by atoms with E-state index in [-0.39, 0.29) is 18.3 Å². The highest BCUT2D eigenvalue weighted by atomic mass is 16.5. The summed E-state index contributed by atoms with van der Waals surface area (Å²) in [5.41, 5.74) is 4.39. The predicted molar refractivity (Wildman–Crippen MR) is 112 cm³/mol. The zero-order valence-corrected chi connectivity index (χ0v) is 17.0. The maximum atomic E-state index is 12.3. The van der Waals surface area contributed by atoms with Crippen molar-refractivity contribution in [1.29, 1.82) is 0 Å². The van der Waals surface area contributed by atoms with Gasteiger partial charge < -0.3 is 24.6 Å². The lowest BCUT2D eigenvalue weighted by Crippen LogP contribution is -3.15. The number of ether oxygens (including phenoxy) is 2. The number of aliphatic hydroxyl groups excluding tert-OH is 1.